The number of fused-ring (bicyclic) bond motifs is 1. The van der Waals surface area contributed by atoms with Crippen LogP contribution in [-0.2, 0) is 6.42 Å². The summed E-state index contributed by atoms with van der Waals surface area (Å²) in [5.74, 6) is 0. The lowest BCUT2D eigenvalue weighted by Crippen LogP contribution is -2.00. The second-order valence-electron chi connectivity index (χ2n) is 4.79. The summed E-state index contributed by atoms with van der Waals surface area (Å²) >= 11 is 6.20. The third kappa shape index (κ3) is 2.82. The molecule has 2 nitrogen and oxygen atoms in total. The van der Waals surface area contributed by atoms with Crippen LogP contribution in [0.25, 0.3) is 10.9 Å². The summed E-state index contributed by atoms with van der Waals surface area (Å²) < 4.78 is 0. The fourth-order valence-corrected chi connectivity index (χ4v) is 2.58. The molecule has 2 rings (SSSR count). The van der Waals surface area contributed by atoms with Gasteiger partial charge in [-0.3, -0.25) is 4.98 Å². The Bertz CT molecular complexity index is 564. The maximum absolute atomic E-state index is 6.20. The third-order valence-corrected chi connectivity index (χ3v) is 3.41. The van der Waals surface area contributed by atoms with Crippen molar-refractivity contribution in [1.29, 1.82) is 0 Å². The molecule has 0 radical (unpaired) electrons. The van der Waals surface area contributed by atoms with E-state index in [0.29, 0.717) is 0 Å². The van der Waals surface area contributed by atoms with Crippen LogP contribution in [0.4, 0.5) is 0 Å². The van der Waals surface area contributed by atoms with Crippen LogP contribution in [0.3, 0.4) is 0 Å². The van der Waals surface area contributed by atoms with Gasteiger partial charge in [0.1, 0.15) is 0 Å². The minimum atomic E-state index is 0.740. The summed E-state index contributed by atoms with van der Waals surface area (Å²) in [6.07, 6.45) is 3.11. The summed E-state index contributed by atoms with van der Waals surface area (Å²) in [6, 6.07) is 6.14. The largest absolute Gasteiger partial charge is 0.330 e. The van der Waals surface area contributed by atoms with Crippen molar-refractivity contribution < 1.29 is 0 Å². The maximum atomic E-state index is 6.20. The van der Waals surface area contributed by atoms with Crippen molar-refractivity contribution in [2.75, 3.05) is 6.54 Å². The molecule has 0 unspecified atom stereocenters. The molecular weight excluding hydrogens is 244 g/mol. The van der Waals surface area contributed by atoms with Crippen LogP contribution in [0.15, 0.2) is 18.2 Å². The van der Waals surface area contributed by atoms with Crippen molar-refractivity contribution in [1.82, 2.24) is 4.98 Å². The van der Waals surface area contributed by atoms with Gasteiger partial charge >= 0.3 is 0 Å². The van der Waals surface area contributed by atoms with Crippen molar-refractivity contribution in [3.63, 3.8) is 0 Å². The van der Waals surface area contributed by atoms with Gasteiger partial charge in [-0.25, -0.2) is 0 Å². The van der Waals surface area contributed by atoms with Gasteiger partial charge in [0.15, 0.2) is 0 Å². The number of hydrogen-bond donors (Lipinski definition) is 1. The number of benzene rings is 1. The molecule has 0 aliphatic heterocycles. The van der Waals surface area contributed by atoms with Gasteiger partial charge in [0.2, 0.25) is 0 Å². The highest BCUT2D eigenvalue weighted by molar-refractivity contribution is 6.31. The van der Waals surface area contributed by atoms with E-state index in [2.05, 4.69) is 18.0 Å². The molecule has 0 aliphatic rings. The van der Waals surface area contributed by atoms with Gasteiger partial charge in [-0.15, -0.1) is 0 Å². The molecule has 0 saturated heterocycles. The molecule has 0 amide bonds. The average molecular weight is 263 g/mol. The van der Waals surface area contributed by atoms with Gasteiger partial charge in [-0.1, -0.05) is 11.6 Å². The highest BCUT2D eigenvalue weighted by atomic mass is 35.5. The molecule has 1 heterocycles. The number of hydrogen-bond acceptors (Lipinski definition) is 2. The van der Waals surface area contributed by atoms with Crippen molar-refractivity contribution in [3.05, 3.63) is 40.0 Å². The fourth-order valence-electron chi connectivity index (χ4n) is 2.34. The average Bonchev–Trinajstić information content (AvgIpc) is 2.31. The fraction of sp³-hybridized carbons (Fsp3) is 0.400. The van der Waals surface area contributed by atoms with Gasteiger partial charge in [-0.05, 0) is 69.0 Å². The van der Waals surface area contributed by atoms with E-state index < -0.39 is 0 Å². The standard InChI is InChI=1S/C15H19ClN2/c1-10-7-11(2)18-15-12(5-3-4-6-17)8-13(16)9-14(10)15/h7-9H,3-6,17H2,1-2H3. The number of aryl methyl sites for hydroxylation is 3. The predicted octanol–water partition coefficient (Wildman–Crippen LogP) is 3.79. The van der Waals surface area contributed by atoms with Crippen LogP contribution in [-0.4, -0.2) is 11.5 Å². The first-order valence-electron chi connectivity index (χ1n) is 6.38. The number of nitrogens with zero attached hydrogens (tertiary/aromatic N) is 1. The van der Waals surface area contributed by atoms with Crippen molar-refractivity contribution >= 4 is 22.5 Å². The maximum Gasteiger partial charge on any atom is 0.0740 e. The van der Waals surface area contributed by atoms with E-state index in [4.69, 9.17) is 17.3 Å². The molecule has 2 N–H and O–H groups in total. The molecule has 96 valence electrons. The van der Waals surface area contributed by atoms with Gasteiger partial charge in [0, 0.05) is 16.1 Å². The minimum absolute atomic E-state index is 0.740. The summed E-state index contributed by atoms with van der Waals surface area (Å²) in [7, 11) is 0. The number of rotatable bonds is 4. The zero-order valence-electron chi connectivity index (χ0n) is 11.0. The smallest absolute Gasteiger partial charge is 0.0740 e. The monoisotopic (exact) mass is 262 g/mol. The molecule has 18 heavy (non-hydrogen) atoms. The topological polar surface area (TPSA) is 38.9 Å². The third-order valence-electron chi connectivity index (χ3n) is 3.19. The molecule has 0 atom stereocenters. The Labute approximate surface area is 113 Å². The molecule has 1 aromatic heterocycles. The summed E-state index contributed by atoms with van der Waals surface area (Å²) in [6.45, 7) is 4.88. The van der Waals surface area contributed by atoms with E-state index in [9.17, 15) is 0 Å². The SMILES string of the molecule is Cc1cc(C)c2cc(Cl)cc(CCCCN)c2n1. The van der Waals surface area contributed by atoms with E-state index in [1.54, 1.807) is 0 Å². The van der Waals surface area contributed by atoms with Crippen molar-refractivity contribution in [2.45, 2.75) is 33.1 Å². The van der Waals surface area contributed by atoms with Crippen molar-refractivity contribution in [3.8, 4) is 0 Å². The summed E-state index contributed by atoms with van der Waals surface area (Å²) in [5.41, 5.74) is 10.2. The lowest BCUT2D eigenvalue weighted by Gasteiger charge is -2.10. The Morgan fingerprint density at radius 1 is 1.17 bits per heavy atom. The molecule has 2 aromatic rings. The van der Waals surface area contributed by atoms with E-state index in [1.165, 1.54) is 11.1 Å². The first kappa shape index (κ1) is 13.3. The van der Waals surface area contributed by atoms with E-state index in [0.717, 1.165) is 47.4 Å². The second-order valence-corrected chi connectivity index (χ2v) is 5.22. The molecule has 3 heteroatoms. The number of unbranched alkanes of at least 4 members (excludes halogenated alkanes) is 1. The van der Waals surface area contributed by atoms with Gasteiger partial charge in [0.25, 0.3) is 0 Å². The Kier molecular flexibility index (Phi) is 4.20. The van der Waals surface area contributed by atoms with Crippen LogP contribution >= 0.6 is 11.6 Å². The molecular formula is C15H19ClN2. The number of nitrogens with two attached hydrogens (primary N) is 1. The second kappa shape index (κ2) is 5.68. The highest BCUT2D eigenvalue weighted by Crippen LogP contribution is 2.26. The summed E-state index contributed by atoms with van der Waals surface area (Å²) in [4.78, 5) is 4.67. The van der Waals surface area contributed by atoms with Crippen LogP contribution in [0, 0.1) is 13.8 Å². The van der Waals surface area contributed by atoms with E-state index >= 15 is 0 Å². The van der Waals surface area contributed by atoms with E-state index in [-0.39, 0.29) is 0 Å². The molecule has 1 aromatic carbocycles. The normalized spacial score (nSPS) is 11.1. The van der Waals surface area contributed by atoms with E-state index in [1.807, 2.05) is 19.1 Å². The van der Waals surface area contributed by atoms with Crippen LogP contribution in [0.1, 0.15) is 29.7 Å². The zero-order valence-corrected chi connectivity index (χ0v) is 11.7. The Balaban J connectivity index is 2.50. The lowest BCUT2D eigenvalue weighted by molar-refractivity contribution is 0.746. The molecule has 0 spiro atoms. The number of pyridine rings is 1. The molecule has 0 saturated carbocycles. The quantitative estimate of drug-likeness (QED) is 0.852. The van der Waals surface area contributed by atoms with Gasteiger partial charge in [-0.2, -0.15) is 0 Å². The number of aromatic nitrogens is 1. The molecule has 0 aliphatic carbocycles. The molecule has 0 bridgehead atoms. The lowest BCUT2D eigenvalue weighted by atomic mass is 10.0. The Morgan fingerprint density at radius 2 is 1.94 bits per heavy atom. The van der Waals surface area contributed by atoms with Crippen LogP contribution < -0.4 is 5.73 Å². The summed E-state index contributed by atoms with van der Waals surface area (Å²) in [5, 5.41) is 1.95. The van der Waals surface area contributed by atoms with Crippen LogP contribution in [0.2, 0.25) is 5.02 Å². The zero-order chi connectivity index (χ0) is 13.1. The van der Waals surface area contributed by atoms with Crippen LogP contribution in [0.5, 0.6) is 0 Å². The van der Waals surface area contributed by atoms with Gasteiger partial charge in [0.05, 0.1) is 5.52 Å². The highest BCUT2D eigenvalue weighted by Gasteiger charge is 2.07. The first-order valence-corrected chi connectivity index (χ1v) is 6.76. The first-order chi connectivity index (χ1) is 8.61. The number of halogens is 1. The van der Waals surface area contributed by atoms with Crippen molar-refractivity contribution in [2.24, 2.45) is 5.73 Å². The van der Waals surface area contributed by atoms with Gasteiger partial charge < -0.3 is 5.73 Å². The molecule has 0 fully saturated rings. The minimum Gasteiger partial charge on any atom is -0.330 e. The Morgan fingerprint density at radius 3 is 2.67 bits per heavy atom. The predicted molar refractivity (Wildman–Crippen MR) is 78.2 cm³/mol. The Hall–Kier alpha value is -1.12.